The Morgan fingerprint density at radius 2 is 1.76 bits per heavy atom. The number of aryl methyl sites for hydroxylation is 1. The lowest BCUT2D eigenvalue weighted by molar-refractivity contribution is -0.135. The molecule has 2 amide bonds. The van der Waals surface area contributed by atoms with Gasteiger partial charge in [-0.15, -0.1) is 0 Å². The summed E-state index contributed by atoms with van der Waals surface area (Å²) in [5, 5.41) is 2.94. The normalized spacial score (nSPS) is 21.0. The molecule has 4 rings (SSSR count). The average Bonchev–Trinajstić information content (AvgIpc) is 3.55. The van der Waals surface area contributed by atoms with Gasteiger partial charge >= 0.3 is 0 Å². The highest BCUT2D eigenvalue weighted by Crippen LogP contribution is 2.40. The van der Waals surface area contributed by atoms with Gasteiger partial charge in [0, 0.05) is 50.8 Å². The molecule has 2 aromatic rings. The van der Waals surface area contributed by atoms with Crippen LogP contribution < -0.4 is 10.2 Å². The van der Waals surface area contributed by atoms with Crippen LogP contribution in [0.15, 0.2) is 42.7 Å². The molecule has 2 atom stereocenters. The molecule has 1 saturated heterocycles. The molecule has 2 heterocycles. The lowest BCUT2D eigenvalue weighted by Crippen LogP contribution is -2.49. The fourth-order valence-electron chi connectivity index (χ4n) is 4.06. The van der Waals surface area contributed by atoms with E-state index in [1.165, 1.54) is 16.8 Å². The molecule has 6 heteroatoms. The Morgan fingerprint density at radius 1 is 1.03 bits per heavy atom. The summed E-state index contributed by atoms with van der Waals surface area (Å²) in [5.41, 5.74) is 4.87. The van der Waals surface area contributed by atoms with Crippen LogP contribution in [0, 0.1) is 25.7 Å². The van der Waals surface area contributed by atoms with Crippen molar-refractivity contribution in [1.82, 2.24) is 15.2 Å². The highest BCUT2D eigenvalue weighted by atomic mass is 16.2. The number of aromatic nitrogens is 1. The van der Waals surface area contributed by atoms with Crippen LogP contribution in [0.1, 0.15) is 23.1 Å². The number of amides is 2. The fourth-order valence-corrected chi connectivity index (χ4v) is 4.06. The smallest absolute Gasteiger partial charge is 0.226 e. The van der Waals surface area contributed by atoms with Gasteiger partial charge in [0.25, 0.3) is 0 Å². The number of benzene rings is 1. The molecule has 1 N–H and O–H groups in total. The Morgan fingerprint density at radius 3 is 2.48 bits per heavy atom. The molecule has 0 bridgehead atoms. The Hall–Kier alpha value is -2.89. The predicted molar refractivity (Wildman–Crippen MR) is 112 cm³/mol. The average molecular weight is 393 g/mol. The zero-order valence-electron chi connectivity index (χ0n) is 17.1. The van der Waals surface area contributed by atoms with Crippen molar-refractivity contribution < 1.29 is 9.59 Å². The van der Waals surface area contributed by atoms with Gasteiger partial charge in [-0.05, 0) is 55.2 Å². The van der Waals surface area contributed by atoms with E-state index >= 15 is 0 Å². The first-order valence-corrected chi connectivity index (χ1v) is 10.3. The number of piperazine rings is 1. The van der Waals surface area contributed by atoms with Crippen molar-refractivity contribution in [3.63, 3.8) is 0 Å². The molecular formula is C23H28N4O2. The summed E-state index contributed by atoms with van der Waals surface area (Å²) in [6.07, 6.45) is 4.09. The maximum Gasteiger partial charge on any atom is 0.226 e. The standard InChI is InChI=1S/C23H28N4O2/c1-16-4-3-5-21(17(16)2)26-10-12-27(13-11-26)23(29)20-14-19(20)22(28)25-15-18-6-8-24-9-7-18/h3-9,19-20H,10-15H2,1-2H3,(H,25,28). The van der Waals surface area contributed by atoms with Gasteiger partial charge < -0.3 is 15.1 Å². The van der Waals surface area contributed by atoms with Gasteiger partial charge in [0.1, 0.15) is 0 Å². The van der Waals surface area contributed by atoms with Crippen molar-refractivity contribution in [2.75, 3.05) is 31.1 Å². The summed E-state index contributed by atoms with van der Waals surface area (Å²) in [6.45, 7) is 7.87. The molecule has 1 saturated carbocycles. The molecule has 1 aliphatic heterocycles. The summed E-state index contributed by atoms with van der Waals surface area (Å²) in [6, 6.07) is 10.1. The van der Waals surface area contributed by atoms with Crippen molar-refractivity contribution in [2.24, 2.45) is 11.8 Å². The number of carbonyl (C=O) groups is 2. The van der Waals surface area contributed by atoms with Gasteiger partial charge in [0.05, 0.1) is 11.8 Å². The van der Waals surface area contributed by atoms with E-state index < -0.39 is 0 Å². The molecule has 152 valence electrons. The van der Waals surface area contributed by atoms with Crippen LogP contribution in [-0.4, -0.2) is 47.9 Å². The van der Waals surface area contributed by atoms with E-state index in [0.717, 1.165) is 18.7 Å². The molecule has 29 heavy (non-hydrogen) atoms. The lowest BCUT2D eigenvalue weighted by atomic mass is 10.1. The second-order valence-corrected chi connectivity index (χ2v) is 8.05. The number of nitrogens with one attached hydrogen (secondary N) is 1. The summed E-state index contributed by atoms with van der Waals surface area (Å²) in [5.74, 6) is -0.218. The predicted octanol–water partition coefficient (Wildman–Crippen LogP) is 2.30. The summed E-state index contributed by atoms with van der Waals surface area (Å²) in [7, 11) is 0. The molecule has 2 fully saturated rings. The van der Waals surface area contributed by atoms with E-state index in [0.29, 0.717) is 26.1 Å². The molecule has 0 spiro atoms. The number of hydrogen-bond acceptors (Lipinski definition) is 4. The van der Waals surface area contributed by atoms with Crippen LogP contribution in [0.25, 0.3) is 0 Å². The van der Waals surface area contributed by atoms with E-state index in [1.54, 1.807) is 12.4 Å². The van der Waals surface area contributed by atoms with Crippen molar-refractivity contribution in [3.05, 3.63) is 59.4 Å². The van der Waals surface area contributed by atoms with Gasteiger partial charge in [-0.1, -0.05) is 12.1 Å². The summed E-state index contributed by atoms with van der Waals surface area (Å²) < 4.78 is 0. The molecule has 2 aliphatic rings. The summed E-state index contributed by atoms with van der Waals surface area (Å²) >= 11 is 0. The largest absolute Gasteiger partial charge is 0.368 e. The van der Waals surface area contributed by atoms with Gasteiger partial charge in [0.2, 0.25) is 11.8 Å². The fraction of sp³-hybridized carbons (Fsp3) is 0.435. The van der Waals surface area contributed by atoms with Crippen molar-refractivity contribution in [1.29, 1.82) is 0 Å². The van der Waals surface area contributed by atoms with Crippen molar-refractivity contribution >= 4 is 17.5 Å². The second kappa shape index (κ2) is 8.23. The zero-order chi connectivity index (χ0) is 20.4. The van der Waals surface area contributed by atoms with E-state index in [-0.39, 0.29) is 23.7 Å². The summed E-state index contributed by atoms with van der Waals surface area (Å²) in [4.78, 5) is 33.5. The zero-order valence-corrected chi connectivity index (χ0v) is 17.1. The first kappa shape index (κ1) is 19.4. The first-order chi connectivity index (χ1) is 14.0. The Bertz CT molecular complexity index is 891. The van der Waals surface area contributed by atoms with E-state index in [9.17, 15) is 9.59 Å². The van der Waals surface area contributed by atoms with Gasteiger partial charge in [-0.2, -0.15) is 0 Å². The SMILES string of the molecule is Cc1cccc(N2CCN(C(=O)C3CC3C(=O)NCc3ccncc3)CC2)c1C. The van der Waals surface area contributed by atoms with Gasteiger partial charge in [-0.3, -0.25) is 14.6 Å². The third kappa shape index (κ3) is 4.26. The monoisotopic (exact) mass is 392 g/mol. The number of hydrogen-bond donors (Lipinski definition) is 1. The van der Waals surface area contributed by atoms with Crippen LogP contribution in [0.5, 0.6) is 0 Å². The van der Waals surface area contributed by atoms with Crippen LogP contribution in [0.3, 0.4) is 0 Å². The third-order valence-corrected chi connectivity index (χ3v) is 6.17. The molecule has 2 unspecified atom stereocenters. The molecule has 1 aliphatic carbocycles. The Kier molecular flexibility index (Phi) is 5.51. The quantitative estimate of drug-likeness (QED) is 0.848. The molecule has 1 aromatic heterocycles. The molecule has 1 aromatic carbocycles. The minimum atomic E-state index is -0.179. The number of nitrogens with zero attached hydrogens (tertiary/aromatic N) is 3. The second-order valence-electron chi connectivity index (χ2n) is 8.05. The highest BCUT2D eigenvalue weighted by Gasteiger charge is 2.49. The number of anilines is 1. The van der Waals surface area contributed by atoms with E-state index in [1.807, 2.05) is 17.0 Å². The Labute approximate surface area is 171 Å². The molecular weight excluding hydrogens is 364 g/mol. The topological polar surface area (TPSA) is 65.5 Å². The molecule has 0 radical (unpaired) electrons. The number of rotatable bonds is 5. The van der Waals surface area contributed by atoms with E-state index in [2.05, 4.69) is 47.2 Å². The minimum Gasteiger partial charge on any atom is -0.368 e. The number of carbonyl (C=O) groups excluding carboxylic acids is 2. The lowest BCUT2D eigenvalue weighted by Gasteiger charge is -2.37. The highest BCUT2D eigenvalue weighted by molar-refractivity contribution is 5.92. The number of pyridine rings is 1. The van der Waals surface area contributed by atoms with Crippen LogP contribution >= 0.6 is 0 Å². The first-order valence-electron chi connectivity index (χ1n) is 10.3. The molecule has 6 nitrogen and oxygen atoms in total. The third-order valence-electron chi connectivity index (χ3n) is 6.17. The maximum absolute atomic E-state index is 12.8. The van der Waals surface area contributed by atoms with Crippen LogP contribution in [0.2, 0.25) is 0 Å². The Balaban J connectivity index is 1.26. The maximum atomic E-state index is 12.8. The van der Waals surface area contributed by atoms with Crippen LogP contribution in [-0.2, 0) is 16.1 Å². The van der Waals surface area contributed by atoms with Gasteiger partial charge in [-0.25, -0.2) is 0 Å². The van der Waals surface area contributed by atoms with Crippen molar-refractivity contribution in [2.45, 2.75) is 26.8 Å². The van der Waals surface area contributed by atoms with Crippen LogP contribution in [0.4, 0.5) is 5.69 Å². The minimum absolute atomic E-state index is 0.0193. The van der Waals surface area contributed by atoms with Gasteiger partial charge in [0.15, 0.2) is 0 Å². The van der Waals surface area contributed by atoms with Crippen molar-refractivity contribution in [3.8, 4) is 0 Å². The van der Waals surface area contributed by atoms with E-state index in [4.69, 9.17) is 0 Å².